The molecule has 148 valence electrons. The molecule has 1 aliphatic carbocycles. The number of hydrogen-bond acceptors (Lipinski definition) is 3. The minimum absolute atomic E-state index is 0.0600. The number of nitrogens with one attached hydrogen (secondary N) is 3. The lowest BCUT2D eigenvalue weighted by Gasteiger charge is -2.12. The van der Waals surface area contributed by atoms with Gasteiger partial charge in [-0.1, -0.05) is 37.1 Å². The van der Waals surface area contributed by atoms with Gasteiger partial charge in [-0.15, -0.1) is 0 Å². The van der Waals surface area contributed by atoms with Gasteiger partial charge in [0, 0.05) is 18.3 Å². The predicted octanol–water partition coefficient (Wildman–Crippen LogP) is 3.62. The van der Waals surface area contributed by atoms with Crippen LogP contribution in [0.4, 0.5) is 10.5 Å². The summed E-state index contributed by atoms with van der Waals surface area (Å²) >= 11 is 0. The number of amides is 3. The van der Waals surface area contributed by atoms with Crippen molar-refractivity contribution in [3.8, 4) is 5.75 Å². The second-order valence-electron chi connectivity index (χ2n) is 7.08. The second-order valence-corrected chi connectivity index (χ2v) is 7.08. The molecule has 1 saturated carbocycles. The summed E-state index contributed by atoms with van der Waals surface area (Å²) in [5.41, 5.74) is 2.60. The average Bonchev–Trinajstić information content (AvgIpc) is 3.21. The standard InChI is InChI=1S/C22H27N3O3/c1-28-20-12-8-17(9-13-20)15-23-22(27)25-19-10-6-16(7-11-19)14-21(26)24-18-4-2-3-5-18/h6-13,18H,2-5,14-15H2,1H3,(H,24,26)(H2,23,25,27). The van der Waals surface area contributed by atoms with Crippen LogP contribution in [0, 0.1) is 0 Å². The molecule has 0 unspecified atom stereocenters. The Morgan fingerprint density at radius 2 is 1.61 bits per heavy atom. The van der Waals surface area contributed by atoms with Gasteiger partial charge in [-0.05, 0) is 48.2 Å². The first-order valence-electron chi connectivity index (χ1n) is 9.68. The van der Waals surface area contributed by atoms with Crippen LogP contribution < -0.4 is 20.7 Å². The van der Waals surface area contributed by atoms with Crippen LogP contribution in [0.25, 0.3) is 0 Å². The molecule has 0 aliphatic heterocycles. The van der Waals surface area contributed by atoms with Crippen molar-refractivity contribution in [2.45, 2.75) is 44.7 Å². The van der Waals surface area contributed by atoms with E-state index in [2.05, 4.69) is 16.0 Å². The van der Waals surface area contributed by atoms with Crippen LogP contribution in [-0.2, 0) is 17.8 Å². The van der Waals surface area contributed by atoms with Crippen molar-refractivity contribution < 1.29 is 14.3 Å². The van der Waals surface area contributed by atoms with Gasteiger partial charge in [-0.2, -0.15) is 0 Å². The first-order chi connectivity index (χ1) is 13.6. The summed E-state index contributed by atoms with van der Waals surface area (Å²) in [4.78, 5) is 24.1. The van der Waals surface area contributed by atoms with Gasteiger partial charge in [0.25, 0.3) is 0 Å². The van der Waals surface area contributed by atoms with E-state index in [1.807, 2.05) is 48.5 Å². The highest BCUT2D eigenvalue weighted by molar-refractivity contribution is 5.89. The van der Waals surface area contributed by atoms with Crippen LogP contribution in [-0.4, -0.2) is 25.1 Å². The maximum absolute atomic E-state index is 12.1. The Morgan fingerprint density at radius 3 is 2.25 bits per heavy atom. The molecule has 0 spiro atoms. The predicted molar refractivity (Wildman–Crippen MR) is 109 cm³/mol. The van der Waals surface area contributed by atoms with Crippen LogP contribution in [0.3, 0.4) is 0 Å². The maximum Gasteiger partial charge on any atom is 0.319 e. The maximum atomic E-state index is 12.1. The lowest BCUT2D eigenvalue weighted by molar-refractivity contribution is -0.121. The van der Waals surface area contributed by atoms with Gasteiger partial charge in [0.1, 0.15) is 5.75 Å². The molecule has 2 aromatic carbocycles. The molecule has 0 bridgehead atoms. The molecule has 6 heteroatoms. The normalized spacial score (nSPS) is 13.8. The summed E-state index contributed by atoms with van der Waals surface area (Å²) in [6.45, 7) is 0.426. The number of urea groups is 1. The van der Waals surface area contributed by atoms with E-state index in [1.54, 1.807) is 7.11 Å². The van der Waals surface area contributed by atoms with Crippen LogP contribution in [0.15, 0.2) is 48.5 Å². The molecule has 3 rings (SSSR count). The van der Waals surface area contributed by atoms with Crippen molar-refractivity contribution in [2.24, 2.45) is 0 Å². The topological polar surface area (TPSA) is 79.5 Å². The fourth-order valence-corrected chi connectivity index (χ4v) is 3.34. The lowest BCUT2D eigenvalue weighted by atomic mass is 10.1. The zero-order valence-electron chi connectivity index (χ0n) is 16.2. The van der Waals surface area contributed by atoms with Crippen LogP contribution in [0.5, 0.6) is 5.75 Å². The first kappa shape index (κ1) is 19.7. The largest absolute Gasteiger partial charge is 0.497 e. The minimum Gasteiger partial charge on any atom is -0.497 e. The summed E-state index contributed by atoms with van der Waals surface area (Å²) in [6, 6.07) is 14.9. The van der Waals surface area contributed by atoms with E-state index >= 15 is 0 Å². The minimum atomic E-state index is -0.275. The highest BCUT2D eigenvalue weighted by Crippen LogP contribution is 2.18. The van der Waals surface area contributed by atoms with Crippen molar-refractivity contribution >= 4 is 17.6 Å². The number of carbonyl (C=O) groups excluding carboxylic acids is 2. The van der Waals surface area contributed by atoms with E-state index in [0.29, 0.717) is 24.7 Å². The monoisotopic (exact) mass is 381 g/mol. The summed E-state index contributed by atoms with van der Waals surface area (Å²) in [7, 11) is 1.62. The van der Waals surface area contributed by atoms with Gasteiger partial charge in [0.15, 0.2) is 0 Å². The molecule has 3 N–H and O–H groups in total. The smallest absolute Gasteiger partial charge is 0.319 e. The van der Waals surface area contributed by atoms with Gasteiger partial charge < -0.3 is 20.7 Å². The van der Waals surface area contributed by atoms with Crippen LogP contribution >= 0.6 is 0 Å². The quantitative estimate of drug-likeness (QED) is 0.685. The zero-order chi connectivity index (χ0) is 19.8. The number of carbonyl (C=O) groups is 2. The molecule has 2 aromatic rings. The molecule has 0 aromatic heterocycles. The molecule has 0 heterocycles. The van der Waals surface area contributed by atoms with Gasteiger partial charge in [-0.3, -0.25) is 4.79 Å². The molecule has 28 heavy (non-hydrogen) atoms. The number of ether oxygens (including phenoxy) is 1. The number of anilines is 1. The third-order valence-electron chi connectivity index (χ3n) is 4.91. The Bertz CT molecular complexity index is 782. The SMILES string of the molecule is COc1ccc(CNC(=O)Nc2ccc(CC(=O)NC3CCCC3)cc2)cc1. The molecular formula is C22H27N3O3. The van der Waals surface area contributed by atoms with Crippen molar-refractivity contribution in [1.82, 2.24) is 10.6 Å². The third kappa shape index (κ3) is 6.01. The Labute approximate surface area is 165 Å². The highest BCUT2D eigenvalue weighted by Gasteiger charge is 2.17. The Kier molecular flexibility index (Phi) is 6.89. The Morgan fingerprint density at radius 1 is 0.964 bits per heavy atom. The lowest BCUT2D eigenvalue weighted by Crippen LogP contribution is -2.33. The zero-order valence-corrected chi connectivity index (χ0v) is 16.2. The van der Waals surface area contributed by atoms with Crippen molar-refractivity contribution in [3.05, 3.63) is 59.7 Å². The highest BCUT2D eigenvalue weighted by atomic mass is 16.5. The average molecular weight is 381 g/mol. The molecule has 0 radical (unpaired) electrons. The van der Waals surface area contributed by atoms with E-state index in [1.165, 1.54) is 12.8 Å². The van der Waals surface area contributed by atoms with Crippen molar-refractivity contribution in [2.75, 3.05) is 12.4 Å². The summed E-state index contributed by atoms with van der Waals surface area (Å²) < 4.78 is 5.12. The first-order valence-corrected chi connectivity index (χ1v) is 9.68. The molecule has 0 saturated heterocycles. The molecule has 3 amide bonds. The molecule has 1 fully saturated rings. The van der Waals surface area contributed by atoms with Crippen LogP contribution in [0.2, 0.25) is 0 Å². The molecular weight excluding hydrogens is 354 g/mol. The summed E-state index contributed by atoms with van der Waals surface area (Å²) in [6.07, 6.45) is 4.93. The number of methoxy groups -OCH3 is 1. The summed E-state index contributed by atoms with van der Waals surface area (Å²) in [5, 5.41) is 8.70. The van der Waals surface area contributed by atoms with E-state index in [9.17, 15) is 9.59 Å². The number of rotatable bonds is 7. The third-order valence-corrected chi connectivity index (χ3v) is 4.91. The van der Waals surface area contributed by atoms with Gasteiger partial charge in [0.05, 0.1) is 13.5 Å². The van der Waals surface area contributed by atoms with E-state index < -0.39 is 0 Å². The molecule has 6 nitrogen and oxygen atoms in total. The molecule has 0 atom stereocenters. The Hall–Kier alpha value is -3.02. The van der Waals surface area contributed by atoms with Gasteiger partial charge >= 0.3 is 6.03 Å². The van der Waals surface area contributed by atoms with Crippen LogP contribution in [0.1, 0.15) is 36.8 Å². The van der Waals surface area contributed by atoms with Crippen molar-refractivity contribution in [3.63, 3.8) is 0 Å². The van der Waals surface area contributed by atoms with Gasteiger partial charge in [0.2, 0.25) is 5.91 Å². The van der Waals surface area contributed by atoms with E-state index in [4.69, 9.17) is 4.74 Å². The number of benzene rings is 2. The van der Waals surface area contributed by atoms with Gasteiger partial charge in [-0.25, -0.2) is 4.79 Å². The van der Waals surface area contributed by atoms with E-state index in [0.717, 1.165) is 29.7 Å². The Balaban J connectivity index is 1.42. The van der Waals surface area contributed by atoms with E-state index in [-0.39, 0.29) is 11.9 Å². The fourth-order valence-electron chi connectivity index (χ4n) is 3.34. The second kappa shape index (κ2) is 9.78. The molecule has 1 aliphatic rings. The number of hydrogen-bond donors (Lipinski definition) is 3. The fraction of sp³-hybridized carbons (Fsp3) is 0.364. The summed E-state index contributed by atoms with van der Waals surface area (Å²) in [5.74, 6) is 0.843. The van der Waals surface area contributed by atoms with Crippen molar-refractivity contribution in [1.29, 1.82) is 0 Å².